The molecule has 0 amide bonds. The molecule has 0 radical (unpaired) electrons. The molecular formula is C47H39N3O. The third kappa shape index (κ3) is 4.13. The van der Waals surface area contributed by atoms with Crippen molar-refractivity contribution >= 4 is 62.2 Å². The molecule has 51 heavy (non-hydrogen) atoms. The minimum absolute atomic E-state index is 0.0301. The summed E-state index contributed by atoms with van der Waals surface area (Å²) < 4.78 is 9.14. The Kier molecular flexibility index (Phi) is 6.18. The number of benzene rings is 3. The SMILES string of the molecule is CC1(C)C2=C(CCC=C2C2=Cc3c(n(-c4nc(C5=CC=CCC5)c5c(n4)=CCCC=5)c4c3ccc3c5ccccc5oc34)CC2)c2ccccc21. The predicted molar refractivity (Wildman–Crippen MR) is 210 cm³/mol. The van der Waals surface area contributed by atoms with Crippen molar-refractivity contribution in [2.24, 2.45) is 0 Å². The van der Waals surface area contributed by atoms with Crippen molar-refractivity contribution in [1.29, 1.82) is 0 Å². The molecule has 11 rings (SSSR count). The van der Waals surface area contributed by atoms with Gasteiger partial charge in [0.25, 0.3) is 0 Å². The van der Waals surface area contributed by atoms with Gasteiger partial charge in [-0.2, -0.15) is 0 Å². The summed E-state index contributed by atoms with van der Waals surface area (Å²) in [5.74, 6) is 0.746. The second kappa shape index (κ2) is 10.8. The highest BCUT2D eigenvalue weighted by Gasteiger charge is 2.41. The molecule has 0 saturated carbocycles. The van der Waals surface area contributed by atoms with Crippen molar-refractivity contribution in [1.82, 2.24) is 14.5 Å². The molecule has 3 aromatic heterocycles. The molecule has 0 spiro atoms. The van der Waals surface area contributed by atoms with Crippen LogP contribution in [0, 0.1) is 0 Å². The van der Waals surface area contributed by atoms with Crippen LogP contribution in [0.4, 0.5) is 0 Å². The van der Waals surface area contributed by atoms with Gasteiger partial charge in [0, 0.05) is 38.0 Å². The molecule has 0 aliphatic heterocycles. The Balaban J connectivity index is 1.18. The van der Waals surface area contributed by atoms with E-state index in [2.05, 4.69) is 122 Å². The van der Waals surface area contributed by atoms with Crippen LogP contribution in [0.2, 0.25) is 0 Å². The topological polar surface area (TPSA) is 43.9 Å². The minimum atomic E-state index is -0.0301. The number of para-hydroxylation sites is 1. The van der Waals surface area contributed by atoms with Crippen LogP contribution < -0.4 is 10.6 Å². The smallest absolute Gasteiger partial charge is 0.235 e. The molecule has 248 valence electrons. The second-order valence-corrected chi connectivity index (χ2v) is 15.3. The summed E-state index contributed by atoms with van der Waals surface area (Å²) in [5.41, 5.74) is 16.6. The Hall–Kier alpha value is -5.48. The molecule has 0 saturated heterocycles. The summed E-state index contributed by atoms with van der Waals surface area (Å²) in [6.07, 6.45) is 24.5. The van der Waals surface area contributed by atoms with Crippen LogP contribution in [0.1, 0.15) is 86.9 Å². The van der Waals surface area contributed by atoms with Crippen molar-refractivity contribution in [3.8, 4) is 5.95 Å². The molecular weight excluding hydrogens is 623 g/mol. The monoisotopic (exact) mass is 661 g/mol. The molecule has 5 aliphatic carbocycles. The standard InChI is InChI=1S/C47H39N3O/c1-47(2)38-20-9-6-15-31(38)33-19-12-18-30(42(33)47)29-23-26-40-37(27-29)34-24-25-35-32-16-8-11-22-41(32)51-45(35)44(34)50(40)46-48-39-21-10-7-17-36(39)43(49-46)28-13-4-3-5-14-28/h3-4,6,8-9,11,13,15-18,20-22,24-25,27H,5,7,10,12,14,19,23,26H2,1-2H3. The maximum atomic E-state index is 6.78. The lowest BCUT2D eigenvalue weighted by molar-refractivity contribution is 0.641. The zero-order valence-electron chi connectivity index (χ0n) is 29.2. The molecule has 0 N–H and O–H groups in total. The number of furan rings is 1. The summed E-state index contributed by atoms with van der Waals surface area (Å²) in [6, 6.07) is 22.1. The van der Waals surface area contributed by atoms with Gasteiger partial charge < -0.3 is 4.42 Å². The van der Waals surface area contributed by atoms with Crippen LogP contribution in [0.3, 0.4) is 0 Å². The second-order valence-electron chi connectivity index (χ2n) is 15.3. The van der Waals surface area contributed by atoms with Crippen LogP contribution in [-0.2, 0) is 11.8 Å². The Morgan fingerprint density at radius 3 is 2.53 bits per heavy atom. The van der Waals surface area contributed by atoms with Gasteiger partial charge in [-0.15, -0.1) is 0 Å². The number of hydrogen-bond acceptors (Lipinski definition) is 3. The first-order chi connectivity index (χ1) is 25.1. The fraction of sp³-hybridized carbons (Fsp3) is 0.234. The van der Waals surface area contributed by atoms with E-state index in [0.29, 0.717) is 0 Å². The molecule has 0 unspecified atom stereocenters. The zero-order valence-corrected chi connectivity index (χ0v) is 29.2. The van der Waals surface area contributed by atoms with Crippen molar-refractivity contribution in [2.45, 2.75) is 70.6 Å². The summed E-state index contributed by atoms with van der Waals surface area (Å²) >= 11 is 0. The van der Waals surface area contributed by atoms with E-state index < -0.39 is 0 Å². The van der Waals surface area contributed by atoms with Crippen LogP contribution in [0.25, 0.3) is 68.2 Å². The van der Waals surface area contributed by atoms with Crippen molar-refractivity contribution in [3.05, 3.63) is 140 Å². The number of rotatable bonds is 3. The fourth-order valence-corrected chi connectivity index (χ4v) is 9.84. The largest absolute Gasteiger partial charge is 0.454 e. The lowest BCUT2D eigenvalue weighted by Gasteiger charge is -2.31. The van der Waals surface area contributed by atoms with E-state index in [1.165, 1.54) is 55.3 Å². The van der Waals surface area contributed by atoms with Gasteiger partial charge in [-0.25, -0.2) is 9.97 Å². The number of aromatic nitrogens is 3. The molecule has 4 nitrogen and oxygen atoms in total. The molecule has 4 heteroatoms. The van der Waals surface area contributed by atoms with E-state index in [1.807, 2.05) is 0 Å². The molecule has 0 atom stereocenters. The third-order valence-corrected chi connectivity index (χ3v) is 12.1. The van der Waals surface area contributed by atoms with Crippen LogP contribution in [-0.4, -0.2) is 14.5 Å². The Labute approximate surface area is 297 Å². The van der Waals surface area contributed by atoms with Gasteiger partial charge in [0.2, 0.25) is 5.95 Å². The van der Waals surface area contributed by atoms with Crippen LogP contribution in [0.5, 0.6) is 0 Å². The van der Waals surface area contributed by atoms with E-state index in [4.69, 9.17) is 14.4 Å². The highest BCUT2D eigenvalue weighted by molar-refractivity contribution is 6.16. The van der Waals surface area contributed by atoms with Gasteiger partial charge >= 0.3 is 0 Å². The Bertz CT molecular complexity index is 2830. The zero-order chi connectivity index (χ0) is 33.8. The van der Waals surface area contributed by atoms with Crippen molar-refractivity contribution in [3.63, 3.8) is 0 Å². The number of nitrogens with zero attached hydrogens (tertiary/aromatic N) is 3. The lowest BCUT2D eigenvalue weighted by Crippen LogP contribution is -2.36. The summed E-state index contributed by atoms with van der Waals surface area (Å²) in [5, 5.41) is 5.70. The van der Waals surface area contributed by atoms with Crippen molar-refractivity contribution < 1.29 is 4.42 Å². The highest BCUT2D eigenvalue weighted by Crippen LogP contribution is 2.55. The normalized spacial score (nSPS) is 18.8. The molecule has 3 aromatic carbocycles. The first-order valence-electron chi connectivity index (χ1n) is 18.7. The van der Waals surface area contributed by atoms with Crippen LogP contribution in [0.15, 0.2) is 106 Å². The van der Waals surface area contributed by atoms with Gasteiger partial charge in [0.05, 0.1) is 11.0 Å². The average Bonchev–Trinajstić information content (AvgIpc) is 3.80. The van der Waals surface area contributed by atoms with Crippen LogP contribution >= 0.6 is 0 Å². The number of fused-ring (bicyclic) bond motifs is 10. The third-order valence-electron chi connectivity index (χ3n) is 12.1. The summed E-state index contributed by atoms with van der Waals surface area (Å²) in [4.78, 5) is 10.8. The van der Waals surface area contributed by atoms with E-state index in [0.717, 1.165) is 95.8 Å². The number of allylic oxidation sites excluding steroid dienone is 9. The average molecular weight is 662 g/mol. The predicted octanol–water partition coefficient (Wildman–Crippen LogP) is 10.2. The van der Waals surface area contributed by atoms with Gasteiger partial charge in [-0.3, -0.25) is 4.57 Å². The van der Waals surface area contributed by atoms with E-state index in [9.17, 15) is 0 Å². The lowest BCUT2D eigenvalue weighted by atomic mass is 9.73. The van der Waals surface area contributed by atoms with E-state index in [1.54, 1.807) is 5.57 Å². The summed E-state index contributed by atoms with van der Waals surface area (Å²) in [6.45, 7) is 4.84. The summed E-state index contributed by atoms with van der Waals surface area (Å²) in [7, 11) is 0. The van der Waals surface area contributed by atoms with Crippen molar-refractivity contribution in [2.75, 3.05) is 0 Å². The number of hydrogen-bond donors (Lipinski definition) is 0. The minimum Gasteiger partial charge on any atom is -0.454 e. The Morgan fingerprint density at radius 1 is 0.745 bits per heavy atom. The molecule has 0 fully saturated rings. The molecule has 6 aromatic rings. The fourth-order valence-electron chi connectivity index (χ4n) is 9.84. The van der Waals surface area contributed by atoms with E-state index >= 15 is 0 Å². The van der Waals surface area contributed by atoms with Gasteiger partial charge in [0.15, 0.2) is 5.58 Å². The van der Waals surface area contributed by atoms with E-state index in [-0.39, 0.29) is 5.41 Å². The van der Waals surface area contributed by atoms with Gasteiger partial charge in [0.1, 0.15) is 11.1 Å². The first-order valence-corrected chi connectivity index (χ1v) is 18.7. The molecule has 0 bridgehead atoms. The maximum absolute atomic E-state index is 6.78. The molecule has 5 aliphatic rings. The quantitative estimate of drug-likeness (QED) is 0.190. The highest BCUT2D eigenvalue weighted by atomic mass is 16.3. The van der Waals surface area contributed by atoms with Gasteiger partial charge in [-0.1, -0.05) is 98.8 Å². The maximum Gasteiger partial charge on any atom is 0.235 e. The molecule has 3 heterocycles. The first kappa shape index (κ1) is 29.3. The Morgan fingerprint density at radius 2 is 1.61 bits per heavy atom. The van der Waals surface area contributed by atoms with Gasteiger partial charge in [-0.05, 0) is 109 Å².